The van der Waals surface area contributed by atoms with Gasteiger partial charge < -0.3 is 0 Å². The first-order valence-electron chi connectivity index (χ1n) is 2.34. The third-order valence-electron chi connectivity index (χ3n) is 0.878. The molecule has 0 aromatic heterocycles. The molecule has 10 heavy (non-hydrogen) atoms. The Labute approximate surface area is 69.8 Å². The summed E-state index contributed by atoms with van der Waals surface area (Å²) in [7, 11) is 0. The Morgan fingerprint density at radius 2 is 2.20 bits per heavy atom. The van der Waals surface area contributed by atoms with Gasteiger partial charge in [-0.05, 0) is 0 Å². The van der Waals surface area contributed by atoms with E-state index in [-0.39, 0.29) is 5.17 Å². The fourth-order valence-electron chi connectivity index (χ4n) is 0.459. The number of rotatable bonds is 0. The third-order valence-corrected chi connectivity index (χ3v) is 2.29. The zero-order valence-electron chi connectivity index (χ0n) is 4.60. The molecular weight excluding hydrogens is 223 g/mol. The maximum absolute atomic E-state index is 10.7. The quantitative estimate of drug-likeness (QED) is 0.615. The summed E-state index contributed by atoms with van der Waals surface area (Å²) in [6, 6.07) is -0.717. The van der Waals surface area contributed by atoms with Crippen molar-refractivity contribution in [2.45, 2.75) is 4.83 Å². The normalized spacial score (nSPS) is 25.8. The summed E-state index contributed by atoms with van der Waals surface area (Å²) in [5.74, 6) is -0.481. The van der Waals surface area contributed by atoms with E-state index in [0.29, 0.717) is 0 Å². The highest BCUT2D eigenvalue weighted by molar-refractivity contribution is 9.10. The summed E-state index contributed by atoms with van der Waals surface area (Å²) in [5.41, 5.74) is 0. The van der Waals surface area contributed by atoms with E-state index >= 15 is 0 Å². The molecule has 1 rings (SSSR count). The number of halogens is 2. The molecule has 0 fully saturated rings. The number of hydrogen-bond donors (Lipinski definition) is 1. The van der Waals surface area contributed by atoms with Crippen LogP contribution in [0.5, 0.6) is 0 Å². The predicted octanol–water partition coefficient (Wildman–Crippen LogP) is 0.637. The molecule has 0 saturated carbocycles. The van der Waals surface area contributed by atoms with Crippen LogP contribution in [0.2, 0.25) is 0 Å². The van der Waals surface area contributed by atoms with E-state index in [2.05, 4.69) is 20.9 Å². The van der Waals surface area contributed by atoms with Crippen LogP contribution in [0, 0.1) is 0 Å². The molecule has 0 aliphatic carbocycles. The first-order chi connectivity index (χ1) is 4.61. The Morgan fingerprint density at radius 1 is 1.60 bits per heavy atom. The highest BCUT2D eigenvalue weighted by atomic mass is 79.9. The Balaban J connectivity index is 2.91. The number of nitrogens with one attached hydrogen (secondary N) is 1. The molecule has 54 valence electrons. The van der Waals surface area contributed by atoms with Gasteiger partial charge in [0, 0.05) is 0 Å². The van der Waals surface area contributed by atoms with Gasteiger partial charge in [-0.15, -0.1) is 0 Å². The molecule has 0 saturated heterocycles. The first kappa shape index (κ1) is 7.68. The summed E-state index contributed by atoms with van der Waals surface area (Å²) in [6.07, 6.45) is 0. The van der Waals surface area contributed by atoms with Crippen molar-refractivity contribution in [1.29, 1.82) is 0 Å². The standard InChI is InChI=1S/C4H2BrClN2O2/c5-1-2(6)7-4(10)8-3(1)9/h1H,(H,8,9,10). The van der Waals surface area contributed by atoms with Crippen molar-refractivity contribution in [3.8, 4) is 0 Å². The lowest BCUT2D eigenvalue weighted by atomic mass is 10.4. The molecule has 1 heterocycles. The van der Waals surface area contributed by atoms with Gasteiger partial charge in [0.2, 0.25) is 5.91 Å². The van der Waals surface area contributed by atoms with Gasteiger partial charge in [0.1, 0.15) is 10.00 Å². The smallest absolute Gasteiger partial charge is 0.275 e. The van der Waals surface area contributed by atoms with Gasteiger partial charge in [0.15, 0.2) is 0 Å². The van der Waals surface area contributed by atoms with Crippen LogP contribution in [0.15, 0.2) is 4.99 Å². The third kappa shape index (κ3) is 1.35. The molecule has 0 aromatic carbocycles. The summed E-state index contributed by atoms with van der Waals surface area (Å²) in [6.45, 7) is 0. The van der Waals surface area contributed by atoms with Crippen LogP contribution >= 0.6 is 27.5 Å². The number of carbonyl (C=O) groups excluding carboxylic acids is 2. The minimum absolute atomic E-state index is 0.0336. The lowest BCUT2D eigenvalue weighted by molar-refractivity contribution is -0.118. The Hall–Kier alpha value is -0.420. The van der Waals surface area contributed by atoms with Gasteiger partial charge in [-0.1, -0.05) is 27.5 Å². The second-order valence-electron chi connectivity index (χ2n) is 1.59. The number of imide groups is 1. The minimum atomic E-state index is -0.717. The van der Waals surface area contributed by atoms with Crippen LogP contribution in [0.1, 0.15) is 0 Å². The molecule has 0 aromatic rings. The molecule has 1 unspecified atom stereocenters. The van der Waals surface area contributed by atoms with Gasteiger partial charge >= 0.3 is 6.03 Å². The van der Waals surface area contributed by atoms with E-state index in [1.807, 2.05) is 5.32 Å². The molecule has 4 nitrogen and oxygen atoms in total. The van der Waals surface area contributed by atoms with Crippen molar-refractivity contribution in [3.63, 3.8) is 0 Å². The molecular formula is C4H2BrClN2O2. The summed E-state index contributed by atoms with van der Waals surface area (Å²) in [4.78, 5) is 23.7. The topological polar surface area (TPSA) is 58.5 Å². The van der Waals surface area contributed by atoms with E-state index in [1.165, 1.54) is 0 Å². The Kier molecular flexibility index (Phi) is 2.05. The number of hydrogen-bond acceptors (Lipinski definition) is 2. The predicted molar refractivity (Wildman–Crippen MR) is 39.5 cm³/mol. The molecule has 0 bridgehead atoms. The second-order valence-corrected chi connectivity index (χ2v) is 2.89. The van der Waals surface area contributed by atoms with Crippen LogP contribution in [0.3, 0.4) is 0 Å². The van der Waals surface area contributed by atoms with Gasteiger partial charge in [0.05, 0.1) is 0 Å². The van der Waals surface area contributed by atoms with Crippen molar-refractivity contribution in [2.75, 3.05) is 0 Å². The van der Waals surface area contributed by atoms with Crippen LogP contribution in [0.4, 0.5) is 4.79 Å². The van der Waals surface area contributed by atoms with Gasteiger partial charge in [0.25, 0.3) is 0 Å². The maximum atomic E-state index is 10.7. The zero-order valence-corrected chi connectivity index (χ0v) is 6.94. The first-order valence-corrected chi connectivity index (χ1v) is 3.63. The van der Waals surface area contributed by atoms with Crippen LogP contribution in [-0.4, -0.2) is 21.9 Å². The van der Waals surface area contributed by atoms with E-state index in [0.717, 1.165) is 0 Å². The average molecular weight is 225 g/mol. The summed E-state index contributed by atoms with van der Waals surface area (Å²) < 4.78 is 0. The van der Waals surface area contributed by atoms with Crippen molar-refractivity contribution in [1.82, 2.24) is 5.32 Å². The molecule has 1 aliphatic rings. The highest BCUT2D eigenvalue weighted by Gasteiger charge is 2.26. The molecule has 3 amide bonds. The lowest BCUT2D eigenvalue weighted by Crippen LogP contribution is -2.41. The molecule has 1 aliphatic heterocycles. The van der Waals surface area contributed by atoms with E-state index in [1.54, 1.807) is 0 Å². The summed E-state index contributed by atoms with van der Waals surface area (Å²) >= 11 is 8.30. The zero-order chi connectivity index (χ0) is 7.72. The van der Waals surface area contributed by atoms with Gasteiger partial charge in [-0.3, -0.25) is 10.1 Å². The molecule has 0 radical (unpaired) electrons. The molecule has 0 spiro atoms. The van der Waals surface area contributed by atoms with Crippen molar-refractivity contribution in [2.24, 2.45) is 4.99 Å². The Morgan fingerprint density at radius 3 is 2.70 bits per heavy atom. The second kappa shape index (κ2) is 2.67. The van der Waals surface area contributed by atoms with Crippen molar-refractivity contribution >= 4 is 44.6 Å². The fourth-order valence-corrected chi connectivity index (χ4v) is 0.851. The van der Waals surface area contributed by atoms with E-state index in [4.69, 9.17) is 11.6 Å². The average Bonchev–Trinajstić information content (AvgIpc) is 1.82. The number of amides is 3. The molecule has 6 heteroatoms. The highest BCUT2D eigenvalue weighted by Crippen LogP contribution is 2.10. The van der Waals surface area contributed by atoms with E-state index in [9.17, 15) is 9.59 Å². The molecule has 1 N–H and O–H groups in total. The van der Waals surface area contributed by atoms with Gasteiger partial charge in [-0.2, -0.15) is 4.99 Å². The van der Waals surface area contributed by atoms with Crippen LogP contribution < -0.4 is 5.32 Å². The number of aliphatic imine (C=N–C) groups is 1. The number of nitrogens with zero attached hydrogens (tertiary/aromatic N) is 1. The number of carbonyl (C=O) groups is 2. The summed E-state index contributed by atoms with van der Waals surface area (Å²) in [5, 5.41) is 1.93. The SMILES string of the molecule is O=C1N=C(Cl)C(Br)C(=O)N1. The lowest BCUT2D eigenvalue weighted by Gasteiger charge is -2.10. The number of alkyl halides is 1. The maximum Gasteiger partial charge on any atom is 0.348 e. The van der Waals surface area contributed by atoms with Crippen molar-refractivity contribution < 1.29 is 9.59 Å². The molecule has 1 atom stereocenters. The van der Waals surface area contributed by atoms with Crippen molar-refractivity contribution in [3.05, 3.63) is 0 Å². The minimum Gasteiger partial charge on any atom is -0.275 e. The fraction of sp³-hybridized carbons (Fsp3) is 0.250. The van der Waals surface area contributed by atoms with E-state index < -0.39 is 16.8 Å². The monoisotopic (exact) mass is 224 g/mol. The Bertz CT molecular complexity index is 227. The van der Waals surface area contributed by atoms with Crippen LogP contribution in [0.25, 0.3) is 0 Å². The van der Waals surface area contributed by atoms with Crippen LogP contribution in [-0.2, 0) is 4.79 Å². The van der Waals surface area contributed by atoms with Gasteiger partial charge in [-0.25, -0.2) is 4.79 Å². The largest absolute Gasteiger partial charge is 0.348 e. The number of urea groups is 1.